The van der Waals surface area contributed by atoms with Gasteiger partial charge in [-0.2, -0.15) is 0 Å². The molecule has 0 unspecified atom stereocenters. The van der Waals surface area contributed by atoms with Gasteiger partial charge < -0.3 is 20.1 Å². The molecule has 3 N–H and O–H groups in total. The van der Waals surface area contributed by atoms with E-state index < -0.39 is 29.6 Å². The highest BCUT2D eigenvalue weighted by Crippen LogP contribution is 2.42. The predicted molar refractivity (Wildman–Crippen MR) is 69.9 cm³/mol. The summed E-state index contributed by atoms with van der Waals surface area (Å²) in [6.45, 7) is 0. The van der Waals surface area contributed by atoms with Crippen LogP contribution in [0.2, 0.25) is 0 Å². The first-order valence-corrected chi connectivity index (χ1v) is 6.18. The molecule has 0 aromatic heterocycles. The summed E-state index contributed by atoms with van der Waals surface area (Å²) in [7, 11) is 0. The van der Waals surface area contributed by atoms with Crippen LogP contribution in [0.25, 0.3) is 0 Å². The number of benzene rings is 2. The van der Waals surface area contributed by atoms with Crippen LogP contribution in [0.15, 0.2) is 36.4 Å². The van der Waals surface area contributed by atoms with Crippen LogP contribution < -0.4 is 4.74 Å². The van der Waals surface area contributed by atoms with Crippen molar-refractivity contribution >= 4 is 5.78 Å². The van der Waals surface area contributed by atoms with Gasteiger partial charge in [0.05, 0.1) is 0 Å². The van der Waals surface area contributed by atoms with Crippen molar-refractivity contribution < 1.29 is 29.2 Å². The maximum atomic E-state index is 13.8. The minimum Gasteiger partial charge on any atom is -0.508 e. The molecule has 0 saturated carbocycles. The lowest BCUT2D eigenvalue weighted by Crippen LogP contribution is -2.36. The Morgan fingerprint density at radius 1 is 1.14 bits per heavy atom. The van der Waals surface area contributed by atoms with E-state index in [1.807, 2.05) is 0 Å². The van der Waals surface area contributed by atoms with Gasteiger partial charge in [0.25, 0.3) is 0 Å². The quantitative estimate of drug-likeness (QED) is 0.747. The highest BCUT2D eigenvalue weighted by Gasteiger charge is 2.40. The smallest absolute Gasteiger partial charge is 0.202 e. The average molecular weight is 290 g/mol. The third-order valence-electron chi connectivity index (χ3n) is 3.33. The molecule has 0 fully saturated rings. The molecule has 108 valence electrons. The third-order valence-corrected chi connectivity index (χ3v) is 3.33. The molecule has 2 aromatic rings. The Morgan fingerprint density at radius 3 is 2.57 bits per heavy atom. The number of fused-ring (bicyclic) bond motifs is 1. The molecule has 1 aliphatic rings. The Labute approximate surface area is 118 Å². The topological polar surface area (TPSA) is 87.0 Å². The van der Waals surface area contributed by atoms with Crippen molar-refractivity contribution in [2.75, 3.05) is 0 Å². The summed E-state index contributed by atoms with van der Waals surface area (Å²) >= 11 is 0. The third kappa shape index (κ3) is 2.09. The first-order valence-electron chi connectivity index (χ1n) is 6.18. The minimum atomic E-state index is -1.65. The van der Waals surface area contributed by atoms with Crippen LogP contribution in [-0.4, -0.2) is 27.2 Å². The molecule has 5 nitrogen and oxygen atoms in total. The number of rotatable bonds is 1. The van der Waals surface area contributed by atoms with Gasteiger partial charge in [0.15, 0.2) is 12.2 Å². The van der Waals surface area contributed by atoms with Crippen molar-refractivity contribution in [2.45, 2.75) is 12.2 Å². The number of halogens is 1. The van der Waals surface area contributed by atoms with Crippen molar-refractivity contribution in [3.63, 3.8) is 0 Å². The molecule has 0 bridgehead atoms. The number of carbonyl (C=O) groups is 1. The van der Waals surface area contributed by atoms with Crippen molar-refractivity contribution in [1.82, 2.24) is 0 Å². The van der Waals surface area contributed by atoms with E-state index in [0.29, 0.717) is 0 Å². The van der Waals surface area contributed by atoms with E-state index in [4.69, 9.17) is 4.74 Å². The number of aliphatic hydroxyl groups is 1. The molecule has 0 spiro atoms. The van der Waals surface area contributed by atoms with Crippen LogP contribution >= 0.6 is 0 Å². The Morgan fingerprint density at radius 2 is 1.86 bits per heavy atom. The second kappa shape index (κ2) is 4.75. The number of aliphatic hydroxyl groups excluding tert-OH is 1. The zero-order valence-electron chi connectivity index (χ0n) is 10.7. The maximum Gasteiger partial charge on any atom is 0.202 e. The summed E-state index contributed by atoms with van der Waals surface area (Å²) < 4.78 is 19.2. The molecule has 0 aliphatic carbocycles. The second-order valence-corrected chi connectivity index (χ2v) is 4.71. The highest BCUT2D eigenvalue weighted by atomic mass is 19.1. The fraction of sp³-hybridized carbons (Fsp3) is 0.133. The fourth-order valence-corrected chi connectivity index (χ4v) is 2.35. The number of carbonyl (C=O) groups excluding carboxylic acids is 1. The van der Waals surface area contributed by atoms with Crippen molar-refractivity contribution in [1.29, 1.82) is 0 Å². The number of aromatic hydroxyl groups is 2. The number of ether oxygens (including phenoxy) is 1. The lowest BCUT2D eigenvalue weighted by molar-refractivity contribution is 0.0198. The van der Waals surface area contributed by atoms with Crippen LogP contribution in [0, 0.1) is 5.82 Å². The molecular formula is C15H11FO5. The van der Waals surface area contributed by atoms with Crippen LogP contribution in [0.1, 0.15) is 22.0 Å². The summed E-state index contributed by atoms with van der Waals surface area (Å²) in [6, 6.07) is 7.70. The van der Waals surface area contributed by atoms with Gasteiger partial charge in [-0.1, -0.05) is 18.2 Å². The Hall–Kier alpha value is -2.60. The van der Waals surface area contributed by atoms with Crippen LogP contribution in [0.4, 0.5) is 4.39 Å². The van der Waals surface area contributed by atoms with E-state index in [0.717, 1.165) is 12.1 Å². The van der Waals surface area contributed by atoms with Crippen molar-refractivity contribution in [2.24, 2.45) is 0 Å². The van der Waals surface area contributed by atoms with E-state index in [1.165, 1.54) is 18.2 Å². The molecule has 0 amide bonds. The normalized spacial score (nSPS) is 20.8. The number of phenols is 2. The first-order chi connectivity index (χ1) is 9.99. The van der Waals surface area contributed by atoms with Gasteiger partial charge in [0, 0.05) is 17.7 Å². The van der Waals surface area contributed by atoms with Crippen LogP contribution in [0.5, 0.6) is 17.2 Å². The number of phenolic OH excluding ortho intramolecular Hbond substituents is 2. The molecule has 2 atom stereocenters. The van der Waals surface area contributed by atoms with Gasteiger partial charge in [-0.25, -0.2) is 4.39 Å². The molecular weight excluding hydrogens is 279 g/mol. The standard InChI is InChI=1S/C15H11FO5/c16-9-4-2-1-3-8(9)15-14(20)13(19)12-10(18)5-7(17)6-11(12)21-15/h1-6,14-15,17-18,20H/t14-,15-/m0/s1. The molecule has 1 aliphatic heterocycles. The van der Waals surface area contributed by atoms with E-state index in [1.54, 1.807) is 6.07 Å². The first kappa shape index (κ1) is 13.4. The number of hydrogen-bond donors (Lipinski definition) is 3. The van der Waals surface area contributed by atoms with E-state index in [-0.39, 0.29) is 22.6 Å². The molecule has 1 heterocycles. The van der Waals surface area contributed by atoms with Crippen LogP contribution in [-0.2, 0) is 0 Å². The van der Waals surface area contributed by atoms with E-state index in [9.17, 15) is 24.5 Å². The number of hydrogen-bond acceptors (Lipinski definition) is 5. The SMILES string of the molecule is O=C1c2c(O)cc(O)cc2O[C@@H](c2ccccc2F)[C@H]1O. The number of Topliss-reactive ketones (excluding diaryl/α,β-unsaturated/α-hetero) is 1. The van der Waals surface area contributed by atoms with Gasteiger partial charge in [-0.05, 0) is 6.07 Å². The molecule has 0 saturated heterocycles. The van der Waals surface area contributed by atoms with Gasteiger partial charge >= 0.3 is 0 Å². The monoisotopic (exact) mass is 290 g/mol. The molecule has 6 heteroatoms. The summed E-state index contributed by atoms with van der Waals surface area (Å²) in [5.41, 5.74) is -0.209. The van der Waals surface area contributed by atoms with Crippen molar-refractivity contribution in [3.05, 3.63) is 53.3 Å². The Bertz CT molecular complexity index is 728. The second-order valence-electron chi connectivity index (χ2n) is 4.71. The average Bonchev–Trinajstić information content (AvgIpc) is 2.43. The highest BCUT2D eigenvalue weighted by molar-refractivity contribution is 6.05. The zero-order valence-corrected chi connectivity index (χ0v) is 10.7. The largest absolute Gasteiger partial charge is 0.508 e. The summed E-state index contributed by atoms with van der Waals surface area (Å²) in [4.78, 5) is 12.1. The molecule has 21 heavy (non-hydrogen) atoms. The minimum absolute atomic E-state index is 0.0202. The summed E-state index contributed by atoms with van der Waals surface area (Å²) in [5, 5.41) is 29.2. The van der Waals surface area contributed by atoms with Gasteiger partial charge in [-0.15, -0.1) is 0 Å². The van der Waals surface area contributed by atoms with Gasteiger partial charge in [0.2, 0.25) is 5.78 Å². The fourth-order valence-electron chi connectivity index (χ4n) is 2.35. The maximum absolute atomic E-state index is 13.8. The van der Waals surface area contributed by atoms with Gasteiger partial charge in [0.1, 0.15) is 28.6 Å². The Kier molecular flexibility index (Phi) is 3.03. The Balaban J connectivity index is 2.12. The lowest BCUT2D eigenvalue weighted by Gasteiger charge is -2.30. The lowest BCUT2D eigenvalue weighted by atomic mass is 9.92. The van der Waals surface area contributed by atoms with Gasteiger partial charge in [-0.3, -0.25) is 4.79 Å². The van der Waals surface area contributed by atoms with Crippen molar-refractivity contribution in [3.8, 4) is 17.2 Å². The predicted octanol–water partition coefficient (Wildman–Crippen LogP) is 1.91. The zero-order chi connectivity index (χ0) is 15.1. The van der Waals surface area contributed by atoms with Crippen LogP contribution in [0.3, 0.4) is 0 Å². The van der Waals surface area contributed by atoms with E-state index in [2.05, 4.69) is 0 Å². The molecule has 0 radical (unpaired) electrons. The molecule has 2 aromatic carbocycles. The summed E-state index contributed by atoms with van der Waals surface area (Å²) in [6.07, 6.45) is -2.89. The summed E-state index contributed by atoms with van der Waals surface area (Å²) in [5.74, 6) is -2.32. The number of ketones is 1. The molecule has 3 rings (SSSR count). The van der Waals surface area contributed by atoms with E-state index >= 15 is 0 Å².